The third kappa shape index (κ3) is 4.26. The number of benzene rings is 2. The van der Waals surface area contributed by atoms with Gasteiger partial charge in [0.15, 0.2) is 0 Å². The summed E-state index contributed by atoms with van der Waals surface area (Å²) in [5.74, 6) is 0.475. The van der Waals surface area contributed by atoms with Gasteiger partial charge < -0.3 is 20.1 Å². The zero-order chi connectivity index (χ0) is 21.3. The first-order valence-corrected chi connectivity index (χ1v) is 10.4. The largest absolute Gasteiger partial charge is 0.491 e. The number of nitrogens with zero attached hydrogens (tertiary/aromatic N) is 2. The van der Waals surface area contributed by atoms with Crippen LogP contribution in [0, 0.1) is 5.82 Å². The molecule has 2 aromatic carbocycles. The van der Waals surface area contributed by atoms with Crippen molar-refractivity contribution >= 4 is 39.8 Å². The number of hydrogen-bond donors (Lipinski definition) is 1. The Kier molecular flexibility index (Phi) is 5.91. The van der Waals surface area contributed by atoms with Gasteiger partial charge in [-0.05, 0) is 49.2 Å². The van der Waals surface area contributed by atoms with Crippen LogP contribution in [0.25, 0.3) is 10.9 Å². The molecular formula is C22H22Cl2FN3O2. The normalized spacial score (nSPS) is 16.0. The van der Waals surface area contributed by atoms with Crippen LogP contribution < -0.4 is 20.1 Å². The summed E-state index contributed by atoms with van der Waals surface area (Å²) in [5, 5.41) is 1.83. The van der Waals surface area contributed by atoms with Crippen molar-refractivity contribution < 1.29 is 13.9 Å². The molecule has 0 bridgehead atoms. The first kappa shape index (κ1) is 21.0. The van der Waals surface area contributed by atoms with E-state index in [4.69, 9.17) is 38.4 Å². The molecule has 30 heavy (non-hydrogen) atoms. The summed E-state index contributed by atoms with van der Waals surface area (Å²) in [4.78, 5) is 6.39. The van der Waals surface area contributed by atoms with Crippen molar-refractivity contribution in [3.05, 3.63) is 58.3 Å². The Bertz CT molecular complexity index is 1070. The van der Waals surface area contributed by atoms with Gasteiger partial charge in [0.25, 0.3) is 0 Å². The van der Waals surface area contributed by atoms with Crippen LogP contribution in [-0.4, -0.2) is 37.3 Å². The highest BCUT2D eigenvalue weighted by Gasteiger charge is 2.32. The molecule has 0 spiro atoms. The van der Waals surface area contributed by atoms with Gasteiger partial charge in [-0.3, -0.25) is 0 Å². The molecule has 2 heterocycles. The summed E-state index contributed by atoms with van der Waals surface area (Å²) in [6, 6.07) is 11.9. The first-order chi connectivity index (χ1) is 14.4. The highest BCUT2D eigenvalue weighted by molar-refractivity contribution is 6.36. The lowest BCUT2D eigenvalue weighted by Crippen LogP contribution is -2.54. The number of nitrogens with two attached hydrogens (primary N) is 1. The third-order valence-electron chi connectivity index (χ3n) is 5.48. The number of fused-ring (bicyclic) bond motifs is 1. The van der Waals surface area contributed by atoms with E-state index in [0.29, 0.717) is 33.7 Å². The molecule has 3 aromatic rings. The van der Waals surface area contributed by atoms with Gasteiger partial charge in [-0.25, -0.2) is 9.37 Å². The van der Waals surface area contributed by atoms with Crippen LogP contribution in [0.3, 0.4) is 0 Å². The molecule has 1 aromatic heterocycles. The van der Waals surface area contributed by atoms with E-state index in [1.807, 2.05) is 12.1 Å². The summed E-state index contributed by atoms with van der Waals surface area (Å²) in [6.45, 7) is 1.83. The molecule has 5 nitrogen and oxygen atoms in total. The fourth-order valence-corrected chi connectivity index (χ4v) is 4.20. The molecular weight excluding hydrogens is 428 g/mol. The van der Waals surface area contributed by atoms with Crippen LogP contribution in [0.4, 0.5) is 10.1 Å². The van der Waals surface area contributed by atoms with E-state index in [-0.39, 0.29) is 5.52 Å². The van der Waals surface area contributed by atoms with Gasteiger partial charge in [0.1, 0.15) is 23.7 Å². The number of anilines is 1. The molecule has 1 aliphatic rings. The van der Waals surface area contributed by atoms with Crippen LogP contribution in [0.15, 0.2) is 42.5 Å². The minimum Gasteiger partial charge on any atom is -0.491 e. The van der Waals surface area contributed by atoms with Gasteiger partial charge in [0.2, 0.25) is 5.88 Å². The number of aromatic nitrogens is 1. The quantitative estimate of drug-likeness (QED) is 0.589. The van der Waals surface area contributed by atoms with Gasteiger partial charge >= 0.3 is 0 Å². The Morgan fingerprint density at radius 1 is 1.13 bits per heavy atom. The number of methoxy groups -OCH3 is 1. The summed E-state index contributed by atoms with van der Waals surface area (Å²) < 4.78 is 25.3. The van der Waals surface area contributed by atoms with Crippen LogP contribution in [0.2, 0.25) is 10.0 Å². The summed E-state index contributed by atoms with van der Waals surface area (Å²) >= 11 is 12.3. The molecule has 0 aliphatic carbocycles. The van der Waals surface area contributed by atoms with Crippen molar-refractivity contribution in [2.75, 3.05) is 31.7 Å². The molecule has 2 N–H and O–H groups in total. The van der Waals surface area contributed by atoms with Gasteiger partial charge in [-0.15, -0.1) is 0 Å². The lowest BCUT2D eigenvalue weighted by molar-refractivity contribution is 0.190. The Morgan fingerprint density at radius 3 is 2.60 bits per heavy atom. The lowest BCUT2D eigenvalue weighted by atomic mass is 9.89. The molecule has 0 radical (unpaired) electrons. The maximum absolute atomic E-state index is 14.2. The number of piperidine rings is 1. The number of pyridine rings is 1. The maximum atomic E-state index is 14.2. The van der Waals surface area contributed by atoms with Crippen LogP contribution in [0.1, 0.15) is 12.8 Å². The first-order valence-electron chi connectivity index (χ1n) is 9.63. The minimum atomic E-state index is -0.490. The van der Waals surface area contributed by atoms with Crippen LogP contribution >= 0.6 is 23.2 Å². The van der Waals surface area contributed by atoms with E-state index >= 15 is 0 Å². The number of rotatable bonds is 5. The standard InChI is InChI=1S/C22H22Cl2FN3O2/c1-29-20-7-3-15-19(6-4-17(25)21(15)27-20)30-13-22(26)8-10-28(11-9-22)18-5-2-14(23)12-16(18)24/h2-7,12H,8-11,13,26H2,1H3. The highest BCUT2D eigenvalue weighted by atomic mass is 35.5. The topological polar surface area (TPSA) is 60.6 Å². The van der Waals surface area contributed by atoms with Crippen molar-refractivity contribution in [2.45, 2.75) is 18.4 Å². The zero-order valence-corrected chi connectivity index (χ0v) is 18.0. The minimum absolute atomic E-state index is 0.213. The lowest BCUT2D eigenvalue weighted by Gasteiger charge is -2.40. The fraction of sp³-hybridized carbons (Fsp3) is 0.318. The summed E-state index contributed by atoms with van der Waals surface area (Å²) in [5.41, 5.74) is 7.29. The number of ether oxygens (including phenoxy) is 2. The average molecular weight is 450 g/mol. The molecule has 8 heteroatoms. The van der Waals surface area contributed by atoms with Gasteiger partial charge in [-0.2, -0.15) is 0 Å². The Balaban J connectivity index is 1.45. The van der Waals surface area contributed by atoms with E-state index in [0.717, 1.165) is 31.6 Å². The van der Waals surface area contributed by atoms with E-state index in [2.05, 4.69) is 9.88 Å². The van der Waals surface area contributed by atoms with Gasteiger partial charge in [0.05, 0.1) is 23.4 Å². The van der Waals surface area contributed by atoms with Crippen molar-refractivity contribution in [1.82, 2.24) is 4.98 Å². The smallest absolute Gasteiger partial charge is 0.213 e. The predicted octanol–water partition coefficient (Wildman–Crippen LogP) is 5.07. The maximum Gasteiger partial charge on any atom is 0.213 e. The highest BCUT2D eigenvalue weighted by Crippen LogP contribution is 2.33. The second kappa shape index (κ2) is 8.46. The van der Waals surface area contributed by atoms with Crippen LogP contribution in [-0.2, 0) is 0 Å². The number of hydrogen-bond acceptors (Lipinski definition) is 5. The molecule has 0 unspecified atom stereocenters. The monoisotopic (exact) mass is 449 g/mol. The van der Waals surface area contributed by atoms with E-state index in [1.54, 1.807) is 24.3 Å². The molecule has 1 aliphatic heterocycles. The van der Waals surface area contributed by atoms with Gasteiger partial charge in [0, 0.05) is 29.6 Å². The second-order valence-corrected chi connectivity index (χ2v) is 8.37. The molecule has 158 valence electrons. The average Bonchev–Trinajstić information content (AvgIpc) is 2.74. The molecule has 4 rings (SSSR count). The Hall–Kier alpha value is -2.28. The number of halogens is 3. The summed E-state index contributed by atoms with van der Waals surface area (Å²) in [6.07, 6.45) is 1.47. The van der Waals surface area contributed by atoms with E-state index in [9.17, 15) is 4.39 Å². The fourth-order valence-electron chi connectivity index (χ4n) is 3.68. The molecule has 0 saturated carbocycles. The molecule has 1 saturated heterocycles. The SMILES string of the molecule is COc1ccc2c(OCC3(N)CCN(c4ccc(Cl)cc4Cl)CC3)ccc(F)c2n1. The van der Waals surface area contributed by atoms with E-state index < -0.39 is 11.4 Å². The Morgan fingerprint density at radius 2 is 1.90 bits per heavy atom. The predicted molar refractivity (Wildman–Crippen MR) is 119 cm³/mol. The van der Waals surface area contributed by atoms with Gasteiger partial charge in [-0.1, -0.05) is 23.2 Å². The second-order valence-electron chi connectivity index (χ2n) is 7.53. The molecule has 0 amide bonds. The summed E-state index contributed by atoms with van der Waals surface area (Å²) in [7, 11) is 1.49. The van der Waals surface area contributed by atoms with Crippen molar-refractivity contribution in [1.29, 1.82) is 0 Å². The Labute approximate surface area is 184 Å². The van der Waals surface area contributed by atoms with Crippen LogP contribution in [0.5, 0.6) is 11.6 Å². The van der Waals surface area contributed by atoms with E-state index in [1.165, 1.54) is 13.2 Å². The molecule has 1 fully saturated rings. The van der Waals surface area contributed by atoms with Crippen molar-refractivity contribution in [2.24, 2.45) is 5.73 Å². The van der Waals surface area contributed by atoms with Crippen molar-refractivity contribution in [3.8, 4) is 11.6 Å². The van der Waals surface area contributed by atoms with Crippen molar-refractivity contribution in [3.63, 3.8) is 0 Å². The molecule has 0 atom stereocenters. The zero-order valence-electron chi connectivity index (χ0n) is 16.5. The third-order valence-corrected chi connectivity index (χ3v) is 6.01.